The van der Waals surface area contributed by atoms with Crippen LogP contribution in [0.3, 0.4) is 0 Å². The van der Waals surface area contributed by atoms with Gasteiger partial charge in [-0.1, -0.05) is 0 Å². The molecule has 1 aromatic carbocycles. The van der Waals surface area contributed by atoms with Gasteiger partial charge in [-0.2, -0.15) is 0 Å². The molecule has 0 spiro atoms. The Kier molecular flexibility index (Phi) is 2.28. The molecule has 88 valence electrons. The van der Waals surface area contributed by atoms with Crippen molar-refractivity contribution in [3.63, 3.8) is 0 Å². The maximum Gasteiger partial charge on any atom is 0.231 e. The van der Waals surface area contributed by atoms with Crippen LogP contribution in [0, 0.1) is 0 Å². The Hall–Kier alpha value is -1.97. The zero-order valence-corrected chi connectivity index (χ0v) is 9.77. The van der Waals surface area contributed by atoms with Gasteiger partial charge in [-0.3, -0.25) is 0 Å². The molecule has 0 fully saturated rings. The molecule has 0 amide bonds. The van der Waals surface area contributed by atoms with Gasteiger partial charge in [0.05, 0.1) is 6.10 Å². The first-order chi connectivity index (χ1) is 8.25. The van der Waals surface area contributed by atoms with E-state index in [0.717, 1.165) is 22.3 Å². The summed E-state index contributed by atoms with van der Waals surface area (Å²) in [5.74, 6) is 2.19. The molecule has 2 aromatic rings. The summed E-state index contributed by atoms with van der Waals surface area (Å²) < 4.78 is 16.5. The van der Waals surface area contributed by atoms with Crippen LogP contribution in [0.4, 0.5) is 0 Å². The fourth-order valence-corrected chi connectivity index (χ4v) is 1.91. The Morgan fingerprint density at radius 1 is 1.18 bits per heavy atom. The number of hydrogen-bond donors (Lipinski definition) is 0. The number of benzene rings is 1. The van der Waals surface area contributed by atoms with Crippen molar-refractivity contribution in [1.29, 1.82) is 0 Å². The maximum absolute atomic E-state index is 5.68. The monoisotopic (exact) mass is 231 g/mol. The van der Waals surface area contributed by atoms with E-state index in [2.05, 4.69) is 4.98 Å². The van der Waals surface area contributed by atoms with Crippen LogP contribution in [0.2, 0.25) is 0 Å². The van der Waals surface area contributed by atoms with Gasteiger partial charge in [0.2, 0.25) is 12.7 Å². The van der Waals surface area contributed by atoms with E-state index in [1.807, 2.05) is 32.0 Å². The van der Waals surface area contributed by atoms with E-state index in [1.165, 1.54) is 0 Å². The van der Waals surface area contributed by atoms with E-state index in [9.17, 15) is 0 Å². The van der Waals surface area contributed by atoms with Crippen molar-refractivity contribution in [2.24, 2.45) is 0 Å². The van der Waals surface area contributed by atoms with Gasteiger partial charge in [-0.05, 0) is 32.0 Å². The molecule has 2 heterocycles. The Labute approximate surface area is 99.1 Å². The van der Waals surface area contributed by atoms with E-state index in [-0.39, 0.29) is 12.9 Å². The van der Waals surface area contributed by atoms with Crippen LogP contribution >= 0.6 is 0 Å². The van der Waals surface area contributed by atoms with Crippen LogP contribution in [-0.2, 0) is 0 Å². The van der Waals surface area contributed by atoms with Crippen molar-refractivity contribution in [3.05, 3.63) is 24.4 Å². The highest BCUT2D eigenvalue weighted by atomic mass is 16.7. The van der Waals surface area contributed by atoms with Gasteiger partial charge in [-0.25, -0.2) is 4.98 Å². The molecule has 3 rings (SSSR count). The first kappa shape index (κ1) is 10.2. The molecule has 0 saturated heterocycles. The number of rotatable bonds is 2. The summed E-state index contributed by atoms with van der Waals surface area (Å²) in [5.41, 5.74) is 0. The highest BCUT2D eigenvalue weighted by Crippen LogP contribution is 2.41. The van der Waals surface area contributed by atoms with Crippen LogP contribution in [-0.4, -0.2) is 17.9 Å². The Morgan fingerprint density at radius 2 is 2.06 bits per heavy atom. The highest BCUT2D eigenvalue weighted by molar-refractivity contribution is 5.94. The second-order valence-electron chi connectivity index (χ2n) is 4.18. The fourth-order valence-electron chi connectivity index (χ4n) is 1.91. The summed E-state index contributed by atoms with van der Waals surface area (Å²) in [7, 11) is 0. The van der Waals surface area contributed by atoms with Crippen molar-refractivity contribution >= 4 is 10.8 Å². The predicted molar refractivity (Wildman–Crippen MR) is 63.6 cm³/mol. The number of pyridine rings is 1. The van der Waals surface area contributed by atoms with Crippen LogP contribution in [0.1, 0.15) is 13.8 Å². The number of ether oxygens (including phenoxy) is 3. The second-order valence-corrected chi connectivity index (χ2v) is 4.18. The lowest BCUT2D eigenvalue weighted by molar-refractivity contribution is 0.175. The van der Waals surface area contributed by atoms with E-state index >= 15 is 0 Å². The standard InChI is InChI=1S/C13H13NO3/c1-8(2)17-13-10-3-4-11-12(16-7-15-11)9(10)5-6-14-13/h3-6,8H,7H2,1-2H3. The van der Waals surface area contributed by atoms with Gasteiger partial charge < -0.3 is 14.2 Å². The van der Waals surface area contributed by atoms with Gasteiger partial charge in [0.1, 0.15) is 0 Å². The molecule has 0 N–H and O–H groups in total. The average Bonchev–Trinajstić information content (AvgIpc) is 2.76. The van der Waals surface area contributed by atoms with Crippen molar-refractivity contribution < 1.29 is 14.2 Å². The Morgan fingerprint density at radius 3 is 2.88 bits per heavy atom. The van der Waals surface area contributed by atoms with Gasteiger partial charge in [-0.15, -0.1) is 0 Å². The molecule has 0 bridgehead atoms. The zero-order valence-electron chi connectivity index (χ0n) is 9.77. The predicted octanol–water partition coefficient (Wildman–Crippen LogP) is 2.75. The summed E-state index contributed by atoms with van der Waals surface area (Å²) in [6.45, 7) is 4.23. The van der Waals surface area contributed by atoms with Gasteiger partial charge >= 0.3 is 0 Å². The zero-order chi connectivity index (χ0) is 11.8. The van der Waals surface area contributed by atoms with Crippen LogP contribution in [0.15, 0.2) is 24.4 Å². The van der Waals surface area contributed by atoms with E-state index in [1.54, 1.807) is 6.20 Å². The summed E-state index contributed by atoms with van der Waals surface area (Å²) in [5, 5.41) is 1.93. The maximum atomic E-state index is 5.68. The molecular weight excluding hydrogens is 218 g/mol. The Balaban J connectivity index is 2.20. The largest absolute Gasteiger partial charge is 0.475 e. The van der Waals surface area contributed by atoms with E-state index in [0.29, 0.717) is 5.88 Å². The molecule has 1 aromatic heterocycles. The number of aromatic nitrogens is 1. The first-order valence-corrected chi connectivity index (χ1v) is 5.59. The minimum atomic E-state index is 0.0959. The lowest BCUT2D eigenvalue weighted by Crippen LogP contribution is -2.07. The second kappa shape index (κ2) is 3.80. The summed E-state index contributed by atoms with van der Waals surface area (Å²) in [6.07, 6.45) is 1.82. The van der Waals surface area contributed by atoms with Gasteiger partial charge in [0.25, 0.3) is 0 Å². The average molecular weight is 231 g/mol. The Bertz CT molecular complexity index is 566. The van der Waals surface area contributed by atoms with Crippen molar-refractivity contribution in [3.8, 4) is 17.4 Å². The van der Waals surface area contributed by atoms with E-state index < -0.39 is 0 Å². The van der Waals surface area contributed by atoms with Crippen LogP contribution < -0.4 is 14.2 Å². The fraction of sp³-hybridized carbons (Fsp3) is 0.308. The lowest BCUT2D eigenvalue weighted by atomic mass is 10.1. The van der Waals surface area contributed by atoms with Gasteiger partial charge in [0.15, 0.2) is 11.5 Å². The molecule has 4 nitrogen and oxygen atoms in total. The number of hydrogen-bond acceptors (Lipinski definition) is 4. The minimum Gasteiger partial charge on any atom is -0.475 e. The lowest BCUT2D eigenvalue weighted by Gasteiger charge is -2.11. The molecule has 4 heteroatoms. The number of nitrogens with zero attached hydrogens (tertiary/aromatic N) is 1. The van der Waals surface area contributed by atoms with Crippen molar-refractivity contribution in [2.75, 3.05) is 6.79 Å². The summed E-state index contributed by atoms with van der Waals surface area (Å²) in [6, 6.07) is 5.75. The van der Waals surface area contributed by atoms with Crippen molar-refractivity contribution in [2.45, 2.75) is 20.0 Å². The SMILES string of the molecule is CC(C)Oc1nccc2c3c(ccc12)OCO3. The molecule has 1 aliphatic heterocycles. The van der Waals surface area contributed by atoms with E-state index in [4.69, 9.17) is 14.2 Å². The third-order valence-corrected chi connectivity index (χ3v) is 2.59. The molecular formula is C13H13NO3. The molecule has 0 unspecified atom stereocenters. The highest BCUT2D eigenvalue weighted by Gasteiger charge is 2.18. The molecule has 1 aliphatic rings. The molecule has 0 radical (unpaired) electrons. The quantitative estimate of drug-likeness (QED) is 0.796. The van der Waals surface area contributed by atoms with Crippen LogP contribution in [0.25, 0.3) is 10.8 Å². The molecule has 0 saturated carbocycles. The molecule has 0 aliphatic carbocycles. The third-order valence-electron chi connectivity index (χ3n) is 2.59. The molecule has 0 atom stereocenters. The first-order valence-electron chi connectivity index (χ1n) is 5.59. The normalized spacial score (nSPS) is 13.4. The number of fused-ring (bicyclic) bond motifs is 3. The van der Waals surface area contributed by atoms with Crippen molar-refractivity contribution in [1.82, 2.24) is 4.98 Å². The topological polar surface area (TPSA) is 40.6 Å². The third kappa shape index (κ3) is 1.65. The minimum absolute atomic E-state index is 0.0959. The summed E-state index contributed by atoms with van der Waals surface area (Å²) in [4.78, 5) is 4.25. The van der Waals surface area contributed by atoms with Crippen LogP contribution in [0.5, 0.6) is 17.4 Å². The summed E-state index contributed by atoms with van der Waals surface area (Å²) >= 11 is 0. The smallest absolute Gasteiger partial charge is 0.231 e. The molecule has 17 heavy (non-hydrogen) atoms. The van der Waals surface area contributed by atoms with Gasteiger partial charge in [0, 0.05) is 17.0 Å².